The smallest absolute Gasteiger partial charge is 0.0700 e. The van der Waals surface area contributed by atoms with Crippen molar-refractivity contribution in [2.75, 3.05) is 45.4 Å². The Kier molecular flexibility index (Phi) is 14.7. The Labute approximate surface area is 102 Å². The van der Waals surface area contributed by atoms with Gasteiger partial charge in [-0.1, -0.05) is 28.8 Å². The fourth-order valence-corrected chi connectivity index (χ4v) is 1.61. The average molecular weight is 282 g/mol. The van der Waals surface area contributed by atoms with E-state index in [4.69, 9.17) is 9.47 Å². The number of nitrogens with one attached hydrogen (secondary N) is 1. The van der Waals surface area contributed by atoms with Crippen LogP contribution in [-0.4, -0.2) is 45.4 Å². The van der Waals surface area contributed by atoms with Gasteiger partial charge in [0.1, 0.15) is 0 Å². The van der Waals surface area contributed by atoms with Crippen LogP contribution in [0.2, 0.25) is 0 Å². The molecule has 0 heterocycles. The monoisotopic (exact) mass is 281 g/mol. The molecule has 0 spiro atoms. The largest absolute Gasteiger partial charge is 0.382 e. The molecule has 0 aromatic rings. The topological polar surface area (TPSA) is 30.5 Å². The van der Waals surface area contributed by atoms with E-state index in [1.54, 1.807) is 7.11 Å². The number of unbranched alkanes of at least 4 members (excludes halogenated alkanes) is 3. The van der Waals surface area contributed by atoms with Crippen molar-refractivity contribution in [1.29, 1.82) is 0 Å². The van der Waals surface area contributed by atoms with Crippen LogP contribution >= 0.6 is 15.9 Å². The number of methoxy groups -OCH3 is 1. The second kappa shape index (κ2) is 14.4. The number of ether oxygens (including phenoxy) is 2. The van der Waals surface area contributed by atoms with Crippen molar-refractivity contribution >= 4 is 15.9 Å². The molecule has 0 bridgehead atoms. The second-order valence-corrected chi connectivity index (χ2v) is 4.25. The fraction of sp³-hybridized carbons (Fsp3) is 1.00. The van der Waals surface area contributed by atoms with E-state index >= 15 is 0 Å². The van der Waals surface area contributed by atoms with Gasteiger partial charge in [-0.05, 0) is 19.4 Å². The van der Waals surface area contributed by atoms with Gasteiger partial charge < -0.3 is 14.8 Å². The zero-order valence-electron chi connectivity index (χ0n) is 9.77. The summed E-state index contributed by atoms with van der Waals surface area (Å²) < 4.78 is 10.2. The molecule has 0 fully saturated rings. The lowest BCUT2D eigenvalue weighted by molar-refractivity contribution is 0.0720. The van der Waals surface area contributed by atoms with Crippen LogP contribution < -0.4 is 5.32 Å². The molecule has 0 atom stereocenters. The summed E-state index contributed by atoms with van der Waals surface area (Å²) in [6, 6.07) is 0. The van der Waals surface area contributed by atoms with Gasteiger partial charge in [-0.15, -0.1) is 0 Å². The average Bonchev–Trinajstić information content (AvgIpc) is 2.26. The molecule has 0 aromatic carbocycles. The summed E-state index contributed by atoms with van der Waals surface area (Å²) >= 11 is 3.43. The number of hydrogen-bond acceptors (Lipinski definition) is 3. The zero-order chi connectivity index (χ0) is 11.2. The summed E-state index contributed by atoms with van der Waals surface area (Å²) in [6.07, 6.45) is 5.21. The lowest BCUT2D eigenvalue weighted by Crippen LogP contribution is -2.21. The van der Waals surface area contributed by atoms with Crippen LogP contribution in [0.25, 0.3) is 0 Å². The van der Waals surface area contributed by atoms with Gasteiger partial charge in [0.15, 0.2) is 0 Å². The standard InChI is InChI=1S/C11H24BrNO2/c1-14-10-11-15-9-8-13-7-5-3-2-4-6-12/h13H,2-11H2,1H3. The van der Waals surface area contributed by atoms with Gasteiger partial charge in [-0.3, -0.25) is 0 Å². The summed E-state index contributed by atoms with van der Waals surface area (Å²) in [5, 5.41) is 4.49. The van der Waals surface area contributed by atoms with Gasteiger partial charge >= 0.3 is 0 Å². The molecule has 0 radical (unpaired) electrons. The maximum Gasteiger partial charge on any atom is 0.0700 e. The molecule has 3 nitrogen and oxygen atoms in total. The summed E-state index contributed by atoms with van der Waals surface area (Å²) in [5.41, 5.74) is 0. The summed E-state index contributed by atoms with van der Waals surface area (Å²) in [6.45, 7) is 4.22. The summed E-state index contributed by atoms with van der Waals surface area (Å²) in [7, 11) is 1.69. The minimum Gasteiger partial charge on any atom is -0.382 e. The molecular weight excluding hydrogens is 258 g/mol. The van der Waals surface area contributed by atoms with Gasteiger partial charge in [0.25, 0.3) is 0 Å². The predicted octanol–water partition coefficient (Wildman–Crippen LogP) is 2.19. The van der Waals surface area contributed by atoms with E-state index in [0.29, 0.717) is 13.2 Å². The van der Waals surface area contributed by atoms with E-state index in [1.807, 2.05) is 0 Å². The minimum atomic E-state index is 0.687. The molecule has 0 aliphatic rings. The van der Waals surface area contributed by atoms with Crippen LogP contribution in [0.15, 0.2) is 0 Å². The third-order valence-electron chi connectivity index (χ3n) is 2.09. The molecule has 0 rings (SSSR count). The fourth-order valence-electron chi connectivity index (χ4n) is 1.21. The first-order valence-corrected chi connectivity index (χ1v) is 6.87. The number of halogens is 1. The van der Waals surface area contributed by atoms with Crippen molar-refractivity contribution in [2.24, 2.45) is 0 Å². The highest BCUT2D eigenvalue weighted by Gasteiger charge is 1.90. The Morgan fingerprint density at radius 1 is 0.933 bits per heavy atom. The first-order valence-electron chi connectivity index (χ1n) is 5.75. The molecule has 0 saturated carbocycles. The molecule has 0 saturated heterocycles. The first kappa shape index (κ1) is 15.4. The Bertz CT molecular complexity index is 103. The Hall–Kier alpha value is 0.360. The van der Waals surface area contributed by atoms with Crippen LogP contribution in [0.3, 0.4) is 0 Å². The molecule has 15 heavy (non-hydrogen) atoms. The van der Waals surface area contributed by atoms with Crippen LogP contribution in [0.1, 0.15) is 25.7 Å². The third kappa shape index (κ3) is 14.4. The van der Waals surface area contributed by atoms with Gasteiger partial charge in [0.2, 0.25) is 0 Å². The van der Waals surface area contributed by atoms with E-state index in [1.165, 1.54) is 25.7 Å². The lowest BCUT2D eigenvalue weighted by atomic mass is 10.2. The van der Waals surface area contributed by atoms with Crippen LogP contribution in [0, 0.1) is 0 Å². The summed E-state index contributed by atoms with van der Waals surface area (Å²) in [5.74, 6) is 0. The van der Waals surface area contributed by atoms with Crippen molar-refractivity contribution in [3.05, 3.63) is 0 Å². The lowest BCUT2D eigenvalue weighted by Gasteiger charge is -2.05. The van der Waals surface area contributed by atoms with Gasteiger partial charge in [0.05, 0.1) is 19.8 Å². The number of hydrogen-bond donors (Lipinski definition) is 1. The van der Waals surface area contributed by atoms with Gasteiger partial charge in [-0.2, -0.15) is 0 Å². The molecule has 0 amide bonds. The SMILES string of the molecule is COCCOCCNCCCCCCBr. The van der Waals surface area contributed by atoms with E-state index in [-0.39, 0.29) is 0 Å². The van der Waals surface area contributed by atoms with Crippen LogP contribution in [0.5, 0.6) is 0 Å². The van der Waals surface area contributed by atoms with Crippen molar-refractivity contribution in [3.63, 3.8) is 0 Å². The normalized spacial score (nSPS) is 10.8. The first-order chi connectivity index (χ1) is 7.41. The van der Waals surface area contributed by atoms with E-state index in [0.717, 1.165) is 25.0 Å². The van der Waals surface area contributed by atoms with Gasteiger partial charge in [0, 0.05) is 19.0 Å². The molecule has 92 valence electrons. The minimum absolute atomic E-state index is 0.687. The van der Waals surface area contributed by atoms with Crippen molar-refractivity contribution < 1.29 is 9.47 Å². The Morgan fingerprint density at radius 2 is 1.73 bits per heavy atom. The molecule has 0 aromatic heterocycles. The van der Waals surface area contributed by atoms with E-state index in [2.05, 4.69) is 21.2 Å². The maximum atomic E-state index is 5.33. The molecule has 0 aliphatic heterocycles. The van der Waals surface area contributed by atoms with Crippen LogP contribution in [0.4, 0.5) is 0 Å². The van der Waals surface area contributed by atoms with Gasteiger partial charge in [-0.25, -0.2) is 0 Å². The highest BCUT2D eigenvalue weighted by atomic mass is 79.9. The zero-order valence-corrected chi connectivity index (χ0v) is 11.4. The van der Waals surface area contributed by atoms with E-state index in [9.17, 15) is 0 Å². The highest BCUT2D eigenvalue weighted by molar-refractivity contribution is 9.09. The van der Waals surface area contributed by atoms with Crippen molar-refractivity contribution in [3.8, 4) is 0 Å². The van der Waals surface area contributed by atoms with Crippen LogP contribution in [-0.2, 0) is 9.47 Å². The summed E-state index contributed by atoms with van der Waals surface area (Å²) in [4.78, 5) is 0. The molecule has 4 heteroatoms. The molecular formula is C11H24BrNO2. The molecule has 0 aliphatic carbocycles. The molecule has 0 unspecified atom stereocenters. The third-order valence-corrected chi connectivity index (χ3v) is 2.65. The second-order valence-electron chi connectivity index (χ2n) is 3.46. The van der Waals surface area contributed by atoms with Crippen molar-refractivity contribution in [2.45, 2.75) is 25.7 Å². The van der Waals surface area contributed by atoms with Crippen molar-refractivity contribution in [1.82, 2.24) is 5.32 Å². The Balaban J connectivity index is 2.81. The Morgan fingerprint density at radius 3 is 2.47 bits per heavy atom. The predicted molar refractivity (Wildman–Crippen MR) is 67.8 cm³/mol. The number of alkyl halides is 1. The molecule has 1 N–H and O–H groups in total. The maximum absolute atomic E-state index is 5.33. The quantitative estimate of drug-likeness (QED) is 0.440. The highest BCUT2D eigenvalue weighted by Crippen LogP contribution is 2.00. The van der Waals surface area contributed by atoms with E-state index < -0.39 is 0 Å². The number of rotatable bonds is 12.